The molecule has 0 aromatic carbocycles. The summed E-state index contributed by atoms with van der Waals surface area (Å²) in [4.78, 5) is 12.4. The van der Waals surface area contributed by atoms with Crippen molar-refractivity contribution in [2.45, 2.75) is 270 Å². The van der Waals surface area contributed by atoms with E-state index in [0.717, 1.165) is 51.4 Å². The molecule has 0 aromatic rings. The molecule has 0 aromatic heterocycles. The lowest BCUT2D eigenvalue weighted by Crippen LogP contribution is -2.45. The standard InChI is InChI=1S/C54H99NO3/c1-3-5-7-9-11-13-15-17-19-21-23-25-27-29-31-33-35-37-39-41-43-45-47-49-53(57)52(51-56)55-54(58)50-48-46-44-42-40-38-36-34-32-30-28-26-24-22-20-18-16-14-12-10-8-6-4-2/h6,8,12,14,18,20,24,26,47,49,52-53,56-57H,3-5,7,9-11,13,15-17,19,21-23,25,27-46,48,50-51H2,1-2H3,(H,55,58)/b8-6-,14-12-,20-18-,26-24-,49-47+. The summed E-state index contributed by atoms with van der Waals surface area (Å²) in [6.07, 6.45) is 69.2. The SMILES string of the molecule is CC/C=C\C/C=C\C/C=C\C/C=C\CCCCCCCCCCCCC(=O)NC(CO)C(O)/C=C/CCCCCCCCCCCCCCCCCCCCCCC. The second kappa shape index (κ2) is 49.5. The number of carbonyl (C=O) groups excluding carboxylic acids is 1. The Morgan fingerprint density at radius 1 is 0.431 bits per heavy atom. The lowest BCUT2D eigenvalue weighted by Gasteiger charge is -2.20. The van der Waals surface area contributed by atoms with Gasteiger partial charge in [-0.05, 0) is 57.8 Å². The van der Waals surface area contributed by atoms with Crippen LogP contribution >= 0.6 is 0 Å². The fourth-order valence-corrected chi connectivity index (χ4v) is 7.64. The minimum absolute atomic E-state index is 0.0684. The van der Waals surface area contributed by atoms with Gasteiger partial charge in [-0.1, -0.05) is 254 Å². The predicted octanol–water partition coefficient (Wildman–Crippen LogP) is 16.5. The Hall–Kier alpha value is -1.91. The molecule has 0 saturated carbocycles. The quantitative estimate of drug-likeness (QED) is 0.0424. The lowest BCUT2D eigenvalue weighted by atomic mass is 10.0. The topological polar surface area (TPSA) is 69.6 Å². The van der Waals surface area contributed by atoms with Crippen LogP contribution in [-0.2, 0) is 4.79 Å². The summed E-state index contributed by atoms with van der Waals surface area (Å²) in [6.45, 7) is 4.21. The zero-order chi connectivity index (χ0) is 42.1. The van der Waals surface area contributed by atoms with Crippen molar-refractivity contribution in [1.82, 2.24) is 5.32 Å². The average molecular weight is 810 g/mol. The Morgan fingerprint density at radius 3 is 1.14 bits per heavy atom. The molecule has 2 unspecified atom stereocenters. The first kappa shape index (κ1) is 56.1. The van der Waals surface area contributed by atoms with Gasteiger partial charge in [0.1, 0.15) is 0 Å². The summed E-state index contributed by atoms with van der Waals surface area (Å²) in [5, 5.41) is 23.1. The van der Waals surface area contributed by atoms with Gasteiger partial charge < -0.3 is 15.5 Å². The van der Waals surface area contributed by atoms with Gasteiger partial charge in [0.2, 0.25) is 5.91 Å². The maximum atomic E-state index is 12.4. The number of unbranched alkanes of at least 4 members (excludes halogenated alkanes) is 31. The monoisotopic (exact) mass is 810 g/mol. The van der Waals surface area contributed by atoms with Gasteiger partial charge in [0.25, 0.3) is 0 Å². The number of hydrogen-bond acceptors (Lipinski definition) is 3. The summed E-state index contributed by atoms with van der Waals surface area (Å²) in [7, 11) is 0. The van der Waals surface area contributed by atoms with Gasteiger partial charge in [-0.25, -0.2) is 0 Å². The maximum absolute atomic E-state index is 12.4. The smallest absolute Gasteiger partial charge is 0.220 e. The van der Waals surface area contributed by atoms with E-state index >= 15 is 0 Å². The second-order valence-electron chi connectivity index (χ2n) is 17.2. The minimum atomic E-state index is -0.844. The molecule has 0 fully saturated rings. The summed E-state index contributed by atoms with van der Waals surface area (Å²) in [5.74, 6) is -0.0684. The third kappa shape index (κ3) is 45.2. The molecule has 2 atom stereocenters. The fraction of sp³-hybridized carbons (Fsp3) is 0.796. The number of hydrogen-bond donors (Lipinski definition) is 3. The van der Waals surface area contributed by atoms with E-state index in [0.29, 0.717) is 6.42 Å². The largest absolute Gasteiger partial charge is 0.394 e. The summed E-state index contributed by atoms with van der Waals surface area (Å²) in [5.41, 5.74) is 0. The third-order valence-corrected chi connectivity index (χ3v) is 11.5. The summed E-state index contributed by atoms with van der Waals surface area (Å²) < 4.78 is 0. The first-order chi connectivity index (χ1) is 28.7. The molecule has 4 nitrogen and oxygen atoms in total. The third-order valence-electron chi connectivity index (χ3n) is 11.5. The molecule has 0 aliphatic rings. The summed E-state index contributed by atoms with van der Waals surface area (Å²) >= 11 is 0. The van der Waals surface area contributed by atoms with E-state index in [9.17, 15) is 15.0 Å². The number of nitrogens with one attached hydrogen (secondary N) is 1. The van der Waals surface area contributed by atoms with Crippen LogP contribution in [0.2, 0.25) is 0 Å². The molecule has 0 spiro atoms. The molecule has 4 heteroatoms. The Morgan fingerprint density at radius 2 is 0.759 bits per heavy atom. The zero-order valence-corrected chi connectivity index (χ0v) is 38.8. The van der Waals surface area contributed by atoms with E-state index in [4.69, 9.17) is 0 Å². The van der Waals surface area contributed by atoms with Crippen molar-refractivity contribution in [3.63, 3.8) is 0 Å². The first-order valence-electron chi connectivity index (χ1n) is 25.5. The highest BCUT2D eigenvalue weighted by atomic mass is 16.3. The molecule has 0 saturated heterocycles. The average Bonchev–Trinajstić information content (AvgIpc) is 3.23. The van der Waals surface area contributed by atoms with Gasteiger partial charge >= 0.3 is 0 Å². The Kier molecular flexibility index (Phi) is 47.8. The molecule has 0 aliphatic heterocycles. The van der Waals surface area contributed by atoms with Gasteiger partial charge in [0.05, 0.1) is 18.8 Å². The fourth-order valence-electron chi connectivity index (χ4n) is 7.64. The summed E-state index contributed by atoms with van der Waals surface area (Å²) in [6, 6.07) is -0.627. The zero-order valence-electron chi connectivity index (χ0n) is 38.8. The molecule has 0 radical (unpaired) electrons. The molecule has 0 bridgehead atoms. The van der Waals surface area contributed by atoms with Crippen molar-refractivity contribution in [3.05, 3.63) is 60.8 Å². The highest BCUT2D eigenvalue weighted by Gasteiger charge is 2.18. The van der Waals surface area contributed by atoms with Crippen molar-refractivity contribution < 1.29 is 15.0 Å². The Bertz CT molecular complexity index is 965. The van der Waals surface area contributed by atoms with E-state index in [1.54, 1.807) is 6.08 Å². The molecule has 58 heavy (non-hydrogen) atoms. The van der Waals surface area contributed by atoms with E-state index in [1.165, 1.54) is 186 Å². The normalized spacial score (nSPS) is 13.4. The number of carbonyl (C=O) groups is 1. The van der Waals surface area contributed by atoms with Crippen molar-refractivity contribution in [2.75, 3.05) is 6.61 Å². The second-order valence-corrected chi connectivity index (χ2v) is 17.2. The van der Waals surface area contributed by atoms with Gasteiger partial charge in [0, 0.05) is 6.42 Å². The van der Waals surface area contributed by atoms with Crippen molar-refractivity contribution >= 4 is 5.91 Å². The molecular formula is C54H99NO3. The van der Waals surface area contributed by atoms with Gasteiger partial charge in [0.15, 0.2) is 0 Å². The molecule has 338 valence electrons. The number of aliphatic hydroxyl groups is 2. The molecule has 1 amide bonds. The van der Waals surface area contributed by atoms with Crippen LogP contribution in [-0.4, -0.2) is 34.9 Å². The highest BCUT2D eigenvalue weighted by molar-refractivity contribution is 5.76. The predicted molar refractivity (Wildman–Crippen MR) is 258 cm³/mol. The molecular weight excluding hydrogens is 711 g/mol. The molecule has 0 heterocycles. The van der Waals surface area contributed by atoms with Gasteiger partial charge in [-0.15, -0.1) is 0 Å². The van der Waals surface area contributed by atoms with Crippen LogP contribution in [0.4, 0.5) is 0 Å². The number of allylic oxidation sites excluding steroid dienone is 9. The molecule has 3 N–H and O–H groups in total. The van der Waals surface area contributed by atoms with Crippen LogP contribution in [0.15, 0.2) is 60.8 Å². The van der Waals surface area contributed by atoms with E-state index in [1.807, 2.05) is 6.08 Å². The maximum Gasteiger partial charge on any atom is 0.220 e. The van der Waals surface area contributed by atoms with Crippen LogP contribution in [0.1, 0.15) is 258 Å². The lowest BCUT2D eigenvalue weighted by molar-refractivity contribution is -0.123. The van der Waals surface area contributed by atoms with E-state index < -0.39 is 12.1 Å². The molecule has 0 aliphatic carbocycles. The van der Waals surface area contributed by atoms with Crippen LogP contribution in [0.3, 0.4) is 0 Å². The van der Waals surface area contributed by atoms with Crippen molar-refractivity contribution in [1.29, 1.82) is 0 Å². The van der Waals surface area contributed by atoms with E-state index in [2.05, 4.69) is 67.8 Å². The van der Waals surface area contributed by atoms with Gasteiger partial charge in [-0.3, -0.25) is 4.79 Å². The minimum Gasteiger partial charge on any atom is -0.394 e. The van der Waals surface area contributed by atoms with Gasteiger partial charge in [-0.2, -0.15) is 0 Å². The van der Waals surface area contributed by atoms with E-state index in [-0.39, 0.29) is 12.5 Å². The number of aliphatic hydroxyl groups excluding tert-OH is 2. The van der Waals surface area contributed by atoms with Crippen LogP contribution in [0, 0.1) is 0 Å². The number of rotatable bonds is 46. The van der Waals surface area contributed by atoms with Crippen molar-refractivity contribution in [2.24, 2.45) is 0 Å². The van der Waals surface area contributed by atoms with Crippen LogP contribution in [0.5, 0.6) is 0 Å². The first-order valence-corrected chi connectivity index (χ1v) is 25.5. The van der Waals surface area contributed by atoms with Crippen LogP contribution < -0.4 is 5.32 Å². The highest BCUT2D eigenvalue weighted by Crippen LogP contribution is 2.16. The number of amides is 1. The Labute approximate surface area is 362 Å². The Balaban J connectivity index is 3.54. The van der Waals surface area contributed by atoms with Crippen molar-refractivity contribution in [3.8, 4) is 0 Å². The molecule has 0 rings (SSSR count). The van der Waals surface area contributed by atoms with Crippen LogP contribution in [0.25, 0.3) is 0 Å².